The third-order valence-corrected chi connectivity index (χ3v) is 4.35. The van der Waals surface area contributed by atoms with Crippen LogP contribution in [0.5, 0.6) is 28.7 Å². The first-order valence-corrected chi connectivity index (χ1v) is 7.73. The van der Waals surface area contributed by atoms with Crippen molar-refractivity contribution in [3.05, 3.63) is 46.7 Å². The molecule has 1 aliphatic rings. The second-order valence-electron chi connectivity index (χ2n) is 5.71. The smallest absolute Gasteiger partial charge is 0.228 e. The van der Waals surface area contributed by atoms with Gasteiger partial charge < -0.3 is 29.5 Å². The molecular weight excluding hydrogens is 340 g/mol. The van der Waals surface area contributed by atoms with E-state index < -0.39 is 5.78 Å². The number of carbonyl (C=O) groups excluding carboxylic acids is 1. The van der Waals surface area contributed by atoms with Gasteiger partial charge in [-0.3, -0.25) is 4.79 Å². The average molecular weight is 358 g/mol. The van der Waals surface area contributed by atoms with Crippen LogP contribution >= 0.6 is 0 Å². The van der Waals surface area contributed by atoms with Crippen LogP contribution in [0.1, 0.15) is 21.5 Å². The van der Waals surface area contributed by atoms with Gasteiger partial charge in [0, 0.05) is 23.1 Å². The van der Waals surface area contributed by atoms with E-state index in [9.17, 15) is 20.1 Å². The van der Waals surface area contributed by atoms with Crippen molar-refractivity contribution < 1.29 is 34.3 Å². The molecule has 0 bridgehead atoms. The molecule has 2 aromatic rings. The molecule has 0 atom stereocenters. The second-order valence-corrected chi connectivity index (χ2v) is 5.71. The first kappa shape index (κ1) is 17.5. The summed E-state index contributed by atoms with van der Waals surface area (Å²) in [4.78, 5) is 12.8. The van der Waals surface area contributed by atoms with Crippen molar-refractivity contribution in [3.8, 4) is 28.7 Å². The third kappa shape index (κ3) is 2.57. The van der Waals surface area contributed by atoms with Crippen molar-refractivity contribution in [2.75, 3.05) is 21.3 Å². The maximum Gasteiger partial charge on any atom is 0.228 e. The first-order chi connectivity index (χ1) is 12.4. The number of phenols is 3. The predicted molar refractivity (Wildman–Crippen MR) is 92.9 cm³/mol. The van der Waals surface area contributed by atoms with E-state index in [1.807, 2.05) is 0 Å². The number of hydrogen-bond acceptors (Lipinski definition) is 7. The standard InChI is InChI=1S/C19H18O7/c1-24-15-5-4-9(6-13(15)20)10-7-11-12(16(22)18(10)25-2)8-14(21)19(26-3)17(11)23/h4-6,8,20-21,23H,7H2,1-3H3. The van der Waals surface area contributed by atoms with Gasteiger partial charge in [0.2, 0.25) is 11.5 Å². The molecule has 26 heavy (non-hydrogen) atoms. The number of methoxy groups -OCH3 is 3. The molecule has 7 heteroatoms. The summed E-state index contributed by atoms with van der Waals surface area (Å²) in [5, 5.41) is 30.4. The fraction of sp³-hybridized carbons (Fsp3) is 0.211. The molecule has 0 radical (unpaired) electrons. The zero-order valence-corrected chi connectivity index (χ0v) is 14.5. The van der Waals surface area contributed by atoms with E-state index in [1.54, 1.807) is 12.1 Å². The van der Waals surface area contributed by atoms with Crippen LogP contribution in [-0.4, -0.2) is 42.4 Å². The largest absolute Gasteiger partial charge is 0.504 e. The number of hydrogen-bond donors (Lipinski definition) is 3. The van der Waals surface area contributed by atoms with Crippen LogP contribution in [0.2, 0.25) is 0 Å². The Hall–Kier alpha value is -3.35. The average Bonchev–Trinajstić information content (AvgIpc) is 2.62. The van der Waals surface area contributed by atoms with Gasteiger partial charge in [-0.25, -0.2) is 0 Å². The second kappa shape index (κ2) is 6.51. The topological polar surface area (TPSA) is 105 Å². The Bertz CT molecular complexity index is 928. The minimum atomic E-state index is -0.479. The Morgan fingerprint density at radius 3 is 2.23 bits per heavy atom. The molecule has 1 aliphatic carbocycles. The van der Waals surface area contributed by atoms with E-state index in [0.29, 0.717) is 22.4 Å². The molecule has 0 saturated carbocycles. The predicted octanol–water partition coefficient (Wildman–Crippen LogP) is 2.62. The Labute approximate surface area is 149 Å². The lowest BCUT2D eigenvalue weighted by Gasteiger charge is -2.23. The SMILES string of the molecule is COC1=C(c2ccc(OC)c(O)c2)Cc2c(cc(O)c(OC)c2O)C1=O. The van der Waals surface area contributed by atoms with Gasteiger partial charge in [-0.05, 0) is 23.8 Å². The first-order valence-electron chi connectivity index (χ1n) is 7.73. The number of fused-ring (bicyclic) bond motifs is 1. The quantitative estimate of drug-likeness (QED) is 0.771. The maximum absolute atomic E-state index is 12.8. The van der Waals surface area contributed by atoms with Crippen LogP contribution in [-0.2, 0) is 11.2 Å². The molecule has 3 N–H and O–H groups in total. The van der Waals surface area contributed by atoms with E-state index in [0.717, 1.165) is 0 Å². The number of aromatic hydroxyl groups is 3. The van der Waals surface area contributed by atoms with Crippen LogP contribution < -0.4 is 9.47 Å². The molecule has 3 rings (SSSR count). The van der Waals surface area contributed by atoms with Gasteiger partial charge >= 0.3 is 0 Å². The highest BCUT2D eigenvalue weighted by Gasteiger charge is 2.32. The highest BCUT2D eigenvalue weighted by molar-refractivity contribution is 6.15. The summed E-state index contributed by atoms with van der Waals surface area (Å²) in [6.45, 7) is 0. The number of benzene rings is 2. The van der Waals surface area contributed by atoms with Crippen molar-refractivity contribution in [2.45, 2.75) is 6.42 Å². The van der Waals surface area contributed by atoms with Crippen molar-refractivity contribution in [2.24, 2.45) is 0 Å². The van der Waals surface area contributed by atoms with Crippen molar-refractivity contribution >= 4 is 11.4 Å². The Morgan fingerprint density at radius 2 is 1.65 bits per heavy atom. The summed E-state index contributed by atoms with van der Waals surface area (Å²) in [6.07, 6.45) is 0.151. The zero-order valence-electron chi connectivity index (χ0n) is 14.5. The zero-order chi connectivity index (χ0) is 19.0. The van der Waals surface area contributed by atoms with Gasteiger partial charge in [0.25, 0.3) is 0 Å². The lowest BCUT2D eigenvalue weighted by Crippen LogP contribution is -2.17. The number of rotatable bonds is 4. The number of ether oxygens (including phenoxy) is 3. The number of phenolic OH excluding ortho intramolecular Hbond substituents is 3. The summed E-state index contributed by atoms with van der Waals surface area (Å²) in [5.41, 5.74) is 1.49. The van der Waals surface area contributed by atoms with E-state index in [1.165, 1.54) is 33.5 Å². The van der Waals surface area contributed by atoms with E-state index in [2.05, 4.69) is 0 Å². The van der Waals surface area contributed by atoms with Gasteiger partial charge in [0.1, 0.15) is 0 Å². The molecule has 0 unspecified atom stereocenters. The Kier molecular flexibility index (Phi) is 4.38. The number of allylic oxidation sites excluding steroid dienone is 2. The van der Waals surface area contributed by atoms with Gasteiger partial charge in [0.05, 0.1) is 21.3 Å². The molecule has 0 fully saturated rings. The third-order valence-electron chi connectivity index (χ3n) is 4.35. The minimum absolute atomic E-state index is 0.0750. The van der Waals surface area contributed by atoms with Gasteiger partial charge in [-0.1, -0.05) is 6.07 Å². The van der Waals surface area contributed by atoms with Crippen molar-refractivity contribution in [1.82, 2.24) is 0 Å². The highest BCUT2D eigenvalue weighted by atomic mass is 16.5. The van der Waals surface area contributed by atoms with Gasteiger partial charge in [0.15, 0.2) is 28.8 Å². The molecule has 0 amide bonds. The molecule has 0 spiro atoms. The molecule has 136 valence electrons. The maximum atomic E-state index is 12.8. The summed E-state index contributed by atoms with van der Waals surface area (Å²) >= 11 is 0. The Balaban J connectivity index is 2.19. The lowest BCUT2D eigenvalue weighted by molar-refractivity contribution is 0.0950. The summed E-state index contributed by atoms with van der Waals surface area (Å²) in [6, 6.07) is 5.96. The summed E-state index contributed by atoms with van der Waals surface area (Å²) < 4.78 is 15.3. The molecule has 0 saturated heterocycles. The van der Waals surface area contributed by atoms with Crippen LogP contribution in [0.4, 0.5) is 0 Å². The van der Waals surface area contributed by atoms with Crippen molar-refractivity contribution in [1.29, 1.82) is 0 Å². The van der Waals surface area contributed by atoms with Crippen molar-refractivity contribution in [3.63, 3.8) is 0 Å². The fourth-order valence-corrected chi connectivity index (χ4v) is 3.10. The van der Waals surface area contributed by atoms with E-state index in [4.69, 9.17) is 14.2 Å². The van der Waals surface area contributed by atoms with Crippen LogP contribution in [0, 0.1) is 0 Å². The molecule has 0 heterocycles. The minimum Gasteiger partial charge on any atom is -0.504 e. The fourth-order valence-electron chi connectivity index (χ4n) is 3.10. The summed E-state index contributed by atoms with van der Waals surface area (Å²) in [5.74, 6) is -0.934. The van der Waals surface area contributed by atoms with E-state index >= 15 is 0 Å². The molecule has 7 nitrogen and oxygen atoms in total. The number of carbonyl (C=O) groups is 1. The van der Waals surface area contributed by atoms with Crippen LogP contribution in [0.25, 0.3) is 5.57 Å². The van der Waals surface area contributed by atoms with Gasteiger partial charge in [-0.2, -0.15) is 0 Å². The van der Waals surface area contributed by atoms with Gasteiger partial charge in [-0.15, -0.1) is 0 Å². The van der Waals surface area contributed by atoms with E-state index in [-0.39, 0.29) is 40.7 Å². The monoisotopic (exact) mass is 358 g/mol. The summed E-state index contributed by atoms with van der Waals surface area (Å²) in [7, 11) is 4.11. The lowest BCUT2D eigenvalue weighted by atomic mass is 9.85. The number of Topliss-reactive ketones (excluding diaryl/α,β-unsaturated/α-hetero) is 1. The Morgan fingerprint density at radius 1 is 0.923 bits per heavy atom. The molecule has 0 aliphatic heterocycles. The van der Waals surface area contributed by atoms with Crippen LogP contribution in [0.15, 0.2) is 30.0 Å². The normalized spacial score (nSPS) is 13.4. The highest BCUT2D eigenvalue weighted by Crippen LogP contribution is 2.46. The molecular formula is C19H18O7. The molecule has 2 aromatic carbocycles. The molecule has 0 aromatic heterocycles. The van der Waals surface area contributed by atoms with Crippen LogP contribution in [0.3, 0.4) is 0 Å². The number of ketones is 1.